The summed E-state index contributed by atoms with van der Waals surface area (Å²) in [5.74, 6) is 0.584. The number of aromatic nitrogens is 1. The zero-order chi connectivity index (χ0) is 30.2. The molecule has 0 saturated heterocycles. The zero-order valence-electron chi connectivity index (χ0n) is 24.5. The molecule has 0 aliphatic heterocycles. The third kappa shape index (κ3) is 3.76. The highest BCUT2D eigenvalue weighted by Gasteiger charge is 2.23. The van der Waals surface area contributed by atoms with Crippen LogP contribution in [0, 0.1) is 0 Å². The number of rotatable bonds is 4. The van der Waals surface area contributed by atoms with Crippen molar-refractivity contribution >= 4 is 92.4 Å². The molecule has 0 N–H and O–H groups in total. The zero-order valence-corrected chi connectivity index (χ0v) is 25.3. The number of oxazole rings is 1. The SMILES string of the molecule is c1ccc2c(N(c3ccc4sc5ccccc5c4c3)c3cccc4c3oc3cccc(-c5nc6ccccc6o5)c34)cccc2c1. The first kappa shape index (κ1) is 25.4. The average Bonchev–Trinajstić information content (AvgIpc) is 3.82. The Morgan fingerprint density at radius 1 is 0.522 bits per heavy atom. The summed E-state index contributed by atoms with van der Waals surface area (Å²) in [6, 6.07) is 50.9. The van der Waals surface area contributed by atoms with Gasteiger partial charge in [-0.25, -0.2) is 4.98 Å². The maximum atomic E-state index is 6.79. The molecule has 3 aromatic heterocycles. The summed E-state index contributed by atoms with van der Waals surface area (Å²) in [6.07, 6.45) is 0. The van der Waals surface area contributed by atoms with Gasteiger partial charge in [0, 0.05) is 47.6 Å². The van der Waals surface area contributed by atoms with E-state index in [9.17, 15) is 0 Å². The highest BCUT2D eigenvalue weighted by molar-refractivity contribution is 7.25. The van der Waals surface area contributed by atoms with E-state index in [0.717, 1.165) is 55.7 Å². The molecule has 0 radical (unpaired) electrons. The smallest absolute Gasteiger partial charge is 0.228 e. The topological polar surface area (TPSA) is 42.4 Å². The average molecular weight is 609 g/mol. The Labute approximate surface area is 267 Å². The van der Waals surface area contributed by atoms with Crippen LogP contribution in [0.3, 0.4) is 0 Å². The Hall–Kier alpha value is -5.91. The van der Waals surface area contributed by atoms with Gasteiger partial charge in [-0.1, -0.05) is 84.9 Å². The van der Waals surface area contributed by atoms with Crippen LogP contribution in [0.2, 0.25) is 0 Å². The molecule has 10 aromatic rings. The van der Waals surface area contributed by atoms with Crippen molar-refractivity contribution in [1.82, 2.24) is 4.98 Å². The Morgan fingerprint density at radius 3 is 2.20 bits per heavy atom. The molecular formula is C41H24N2O2S. The van der Waals surface area contributed by atoms with E-state index in [1.54, 1.807) is 0 Å². The van der Waals surface area contributed by atoms with Crippen molar-refractivity contribution in [3.05, 3.63) is 146 Å². The first-order valence-electron chi connectivity index (χ1n) is 15.3. The molecule has 10 rings (SSSR count). The summed E-state index contributed by atoms with van der Waals surface area (Å²) in [7, 11) is 0. The molecule has 3 heterocycles. The van der Waals surface area contributed by atoms with E-state index in [0.29, 0.717) is 5.89 Å². The fourth-order valence-corrected chi connectivity index (χ4v) is 7.93. The highest BCUT2D eigenvalue weighted by atomic mass is 32.1. The Morgan fingerprint density at radius 2 is 1.24 bits per heavy atom. The fourth-order valence-electron chi connectivity index (χ4n) is 6.84. The molecule has 0 saturated carbocycles. The minimum atomic E-state index is 0.584. The van der Waals surface area contributed by atoms with Crippen LogP contribution in [0.1, 0.15) is 0 Å². The van der Waals surface area contributed by atoms with E-state index < -0.39 is 0 Å². The molecule has 7 aromatic carbocycles. The summed E-state index contributed by atoms with van der Waals surface area (Å²) in [6.45, 7) is 0. The third-order valence-electron chi connectivity index (χ3n) is 8.89. The molecule has 0 aliphatic rings. The first-order chi connectivity index (χ1) is 22.8. The van der Waals surface area contributed by atoms with Gasteiger partial charge in [-0.3, -0.25) is 0 Å². The van der Waals surface area contributed by atoms with Gasteiger partial charge in [-0.15, -0.1) is 11.3 Å². The van der Waals surface area contributed by atoms with Crippen LogP contribution in [-0.2, 0) is 0 Å². The summed E-state index contributed by atoms with van der Waals surface area (Å²) in [5.41, 5.74) is 7.23. The van der Waals surface area contributed by atoms with Gasteiger partial charge in [0.25, 0.3) is 0 Å². The minimum absolute atomic E-state index is 0.584. The number of thiophene rings is 1. The molecule has 0 bridgehead atoms. The quantitative estimate of drug-likeness (QED) is 0.199. The lowest BCUT2D eigenvalue weighted by atomic mass is 10.0. The number of hydrogen-bond acceptors (Lipinski definition) is 5. The molecular weight excluding hydrogens is 585 g/mol. The third-order valence-corrected chi connectivity index (χ3v) is 10.0. The summed E-state index contributed by atoms with van der Waals surface area (Å²) in [4.78, 5) is 7.18. The monoisotopic (exact) mass is 608 g/mol. The molecule has 5 heteroatoms. The number of benzene rings is 7. The van der Waals surface area contributed by atoms with Gasteiger partial charge in [-0.05, 0) is 66.0 Å². The van der Waals surface area contributed by atoms with Crippen LogP contribution in [0.25, 0.3) is 75.4 Å². The fraction of sp³-hybridized carbons (Fsp3) is 0. The number of furan rings is 1. The predicted molar refractivity (Wildman–Crippen MR) is 192 cm³/mol. The molecule has 4 nitrogen and oxygen atoms in total. The lowest BCUT2D eigenvalue weighted by molar-refractivity contribution is 0.620. The normalized spacial score (nSPS) is 11.9. The van der Waals surface area contributed by atoms with Gasteiger partial charge in [0.15, 0.2) is 11.2 Å². The second-order valence-electron chi connectivity index (χ2n) is 11.5. The number of nitrogens with zero attached hydrogens (tertiary/aromatic N) is 2. The Balaban J connectivity index is 1.26. The van der Waals surface area contributed by atoms with Crippen molar-refractivity contribution in [3.63, 3.8) is 0 Å². The van der Waals surface area contributed by atoms with Gasteiger partial charge in [0.05, 0.1) is 11.4 Å². The van der Waals surface area contributed by atoms with E-state index in [2.05, 4.69) is 114 Å². The maximum absolute atomic E-state index is 6.79. The van der Waals surface area contributed by atoms with Gasteiger partial charge in [0.2, 0.25) is 5.89 Å². The molecule has 0 atom stereocenters. The van der Waals surface area contributed by atoms with Crippen LogP contribution in [0.4, 0.5) is 17.1 Å². The van der Waals surface area contributed by atoms with Gasteiger partial charge in [-0.2, -0.15) is 0 Å². The lowest BCUT2D eigenvalue weighted by Crippen LogP contribution is -2.10. The van der Waals surface area contributed by atoms with Crippen molar-refractivity contribution in [2.45, 2.75) is 0 Å². The minimum Gasteiger partial charge on any atom is -0.454 e. The molecule has 216 valence electrons. The van der Waals surface area contributed by atoms with Crippen molar-refractivity contribution in [3.8, 4) is 11.5 Å². The molecule has 0 unspecified atom stereocenters. The second-order valence-corrected chi connectivity index (χ2v) is 12.6. The maximum Gasteiger partial charge on any atom is 0.228 e. The van der Waals surface area contributed by atoms with Crippen LogP contribution >= 0.6 is 11.3 Å². The van der Waals surface area contributed by atoms with E-state index in [1.165, 1.54) is 30.9 Å². The van der Waals surface area contributed by atoms with Crippen molar-refractivity contribution in [1.29, 1.82) is 0 Å². The van der Waals surface area contributed by atoms with E-state index in [-0.39, 0.29) is 0 Å². The predicted octanol–water partition coefficient (Wildman–Crippen LogP) is 12.4. The van der Waals surface area contributed by atoms with Crippen LogP contribution in [0.15, 0.2) is 154 Å². The second kappa shape index (κ2) is 9.80. The van der Waals surface area contributed by atoms with Crippen LogP contribution in [0.5, 0.6) is 0 Å². The molecule has 0 fully saturated rings. The largest absolute Gasteiger partial charge is 0.454 e. The van der Waals surface area contributed by atoms with E-state index in [1.807, 2.05) is 47.7 Å². The highest BCUT2D eigenvalue weighted by Crippen LogP contribution is 2.47. The summed E-state index contributed by atoms with van der Waals surface area (Å²) >= 11 is 1.83. The van der Waals surface area contributed by atoms with E-state index >= 15 is 0 Å². The van der Waals surface area contributed by atoms with Crippen molar-refractivity contribution in [2.24, 2.45) is 0 Å². The van der Waals surface area contributed by atoms with E-state index in [4.69, 9.17) is 13.8 Å². The van der Waals surface area contributed by atoms with Crippen LogP contribution < -0.4 is 4.90 Å². The summed E-state index contributed by atoms with van der Waals surface area (Å²) < 4.78 is 15.6. The number of anilines is 3. The Bertz CT molecular complexity index is 2750. The molecule has 46 heavy (non-hydrogen) atoms. The number of hydrogen-bond donors (Lipinski definition) is 0. The van der Waals surface area contributed by atoms with Gasteiger partial charge < -0.3 is 13.7 Å². The number of fused-ring (bicyclic) bond motifs is 8. The number of para-hydroxylation sites is 3. The van der Waals surface area contributed by atoms with Gasteiger partial charge in [0.1, 0.15) is 11.1 Å². The molecule has 0 amide bonds. The Kier molecular flexibility index (Phi) is 5.41. The molecule has 0 spiro atoms. The lowest BCUT2D eigenvalue weighted by Gasteiger charge is -2.27. The van der Waals surface area contributed by atoms with Gasteiger partial charge >= 0.3 is 0 Å². The standard InChI is InChI=1S/C41H24N2O2S/c1-2-12-27-25(10-1)11-7-17-33(27)43(26-22-23-38-31(24-26)28-13-3-6-21-37(28)46-38)34-18-8-14-29-39-30(15-9-20-36(39)44-40(29)34)41-42-32-16-4-5-19-35(32)45-41/h1-24H. The first-order valence-corrected chi connectivity index (χ1v) is 16.1. The van der Waals surface area contributed by atoms with Crippen LogP contribution in [-0.4, -0.2) is 4.98 Å². The van der Waals surface area contributed by atoms with Crippen molar-refractivity contribution in [2.75, 3.05) is 4.90 Å². The molecule has 0 aliphatic carbocycles. The van der Waals surface area contributed by atoms with Crippen molar-refractivity contribution < 1.29 is 8.83 Å². The summed E-state index contributed by atoms with van der Waals surface area (Å²) in [5, 5.41) is 6.87.